The van der Waals surface area contributed by atoms with Gasteiger partial charge in [-0.05, 0) is 38.0 Å². The van der Waals surface area contributed by atoms with E-state index in [1.54, 1.807) is 6.92 Å². The van der Waals surface area contributed by atoms with Gasteiger partial charge in [-0.1, -0.05) is 41.6 Å². The molecule has 1 fully saturated rings. The molecule has 1 atom stereocenters. The molecule has 1 heterocycles. The Kier molecular flexibility index (Phi) is 5.74. The van der Waals surface area contributed by atoms with Gasteiger partial charge in [-0.2, -0.15) is 0 Å². The summed E-state index contributed by atoms with van der Waals surface area (Å²) in [6.45, 7) is 1.73. The van der Waals surface area contributed by atoms with Gasteiger partial charge in [0.2, 0.25) is 11.1 Å². The molecule has 154 valence electrons. The average molecular weight is 444 g/mol. The Bertz CT molecular complexity index is 1100. The molecule has 1 saturated carbocycles. The van der Waals surface area contributed by atoms with Crippen LogP contribution in [0.15, 0.2) is 53.7 Å². The van der Waals surface area contributed by atoms with Crippen LogP contribution < -0.4 is 5.32 Å². The second kappa shape index (κ2) is 8.45. The van der Waals surface area contributed by atoms with E-state index in [1.165, 1.54) is 30.0 Å². The zero-order valence-corrected chi connectivity index (χ0v) is 17.6. The Hall–Kier alpha value is -2.91. The van der Waals surface area contributed by atoms with Crippen molar-refractivity contribution < 1.29 is 9.72 Å². The van der Waals surface area contributed by atoms with Gasteiger partial charge in [-0.3, -0.25) is 14.9 Å². The molecule has 0 unspecified atom stereocenters. The fourth-order valence-electron chi connectivity index (χ4n) is 2.89. The molecule has 1 amide bonds. The van der Waals surface area contributed by atoms with E-state index in [2.05, 4.69) is 15.4 Å². The van der Waals surface area contributed by atoms with E-state index in [9.17, 15) is 14.9 Å². The summed E-state index contributed by atoms with van der Waals surface area (Å²) in [4.78, 5) is 27.7. The molecule has 1 aromatic heterocycles. The fraction of sp³-hybridized carbons (Fsp3) is 0.250. The van der Waals surface area contributed by atoms with Crippen LogP contribution in [0.4, 0.5) is 11.4 Å². The number of nitro groups is 1. The van der Waals surface area contributed by atoms with Crippen molar-refractivity contribution in [1.29, 1.82) is 0 Å². The van der Waals surface area contributed by atoms with Crippen molar-refractivity contribution in [3.8, 4) is 5.69 Å². The normalized spacial score (nSPS) is 14.3. The van der Waals surface area contributed by atoms with Crippen LogP contribution in [0.3, 0.4) is 0 Å². The lowest BCUT2D eigenvalue weighted by Crippen LogP contribution is -2.22. The number of anilines is 1. The van der Waals surface area contributed by atoms with E-state index in [1.807, 2.05) is 35.0 Å². The van der Waals surface area contributed by atoms with Crippen molar-refractivity contribution in [2.24, 2.45) is 0 Å². The molecule has 2 aromatic carbocycles. The Balaban J connectivity index is 1.50. The van der Waals surface area contributed by atoms with Gasteiger partial charge in [-0.25, -0.2) is 9.67 Å². The number of aromatic nitrogens is 3. The molecule has 0 saturated heterocycles. The first-order valence-electron chi connectivity index (χ1n) is 9.36. The maximum absolute atomic E-state index is 12.6. The van der Waals surface area contributed by atoms with Crippen molar-refractivity contribution in [3.05, 3.63) is 69.5 Å². The average Bonchev–Trinajstić information content (AvgIpc) is 3.50. The molecular weight excluding hydrogens is 426 g/mol. The van der Waals surface area contributed by atoms with Crippen molar-refractivity contribution in [3.63, 3.8) is 0 Å². The van der Waals surface area contributed by atoms with E-state index in [0.717, 1.165) is 24.4 Å². The van der Waals surface area contributed by atoms with Gasteiger partial charge < -0.3 is 5.32 Å². The Morgan fingerprint density at radius 2 is 2.03 bits per heavy atom. The third-order valence-corrected chi connectivity index (χ3v) is 5.91. The summed E-state index contributed by atoms with van der Waals surface area (Å²) in [6.07, 6.45) is 2.16. The van der Waals surface area contributed by atoms with Crippen molar-refractivity contribution >= 4 is 40.6 Å². The molecule has 1 aliphatic rings. The number of para-hydroxylation sites is 1. The van der Waals surface area contributed by atoms with Crippen LogP contribution in [-0.4, -0.2) is 30.8 Å². The summed E-state index contributed by atoms with van der Waals surface area (Å²) in [5, 5.41) is 18.4. The molecule has 3 aromatic rings. The van der Waals surface area contributed by atoms with Gasteiger partial charge in [0.15, 0.2) is 0 Å². The summed E-state index contributed by atoms with van der Waals surface area (Å²) in [7, 11) is 0. The number of nitrogens with one attached hydrogen (secondary N) is 1. The summed E-state index contributed by atoms with van der Waals surface area (Å²) < 4.78 is 1.84. The van der Waals surface area contributed by atoms with Gasteiger partial charge in [-0.15, -0.1) is 5.10 Å². The van der Waals surface area contributed by atoms with Crippen LogP contribution in [0, 0.1) is 10.1 Å². The molecule has 8 nitrogen and oxygen atoms in total. The van der Waals surface area contributed by atoms with Gasteiger partial charge in [0.1, 0.15) is 5.82 Å². The van der Waals surface area contributed by atoms with Gasteiger partial charge in [0, 0.05) is 18.1 Å². The van der Waals surface area contributed by atoms with Gasteiger partial charge in [0.25, 0.3) is 5.69 Å². The number of non-ortho nitro benzene ring substituents is 1. The number of nitrogens with zero attached hydrogens (tertiary/aromatic N) is 4. The minimum Gasteiger partial charge on any atom is -0.324 e. The summed E-state index contributed by atoms with van der Waals surface area (Å²) in [5.74, 6) is 0.948. The third kappa shape index (κ3) is 4.47. The van der Waals surface area contributed by atoms with Crippen LogP contribution in [0.25, 0.3) is 5.69 Å². The molecule has 0 aliphatic heterocycles. The number of hydrogen-bond acceptors (Lipinski definition) is 6. The number of nitro benzene ring substituents is 1. The highest BCUT2D eigenvalue weighted by molar-refractivity contribution is 8.00. The van der Waals surface area contributed by atoms with E-state index >= 15 is 0 Å². The van der Waals surface area contributed by atoms with Crippen LogP contribution in [0.2, 0.25) is 5.02 Å². The monoisotopic (exact) mass is 443 g/mol. The molecule has 0 radical (unpaired) electrons. The van der Waals surface area contributed by atoms with Gasteiger partial charge >= 0.3 is 0 Å². The van der Waals surface area contributed by atoms with E-state index in [-0.39, 0.29) is 22.3 Å². The van der Waals surface area contributed by atoms with Gasteiger partial charge in [0.05, 0.1) is 26.6 Å². The number of amides is 1. The summed E-state index contributed by atoms with van der Waals surface area (Å²) in [6, 6.07) is 13.7. The maximum Gasteiger partial charge on any atom is 0.271 e. The molecule has 0 bridgehead atoms. The smallest absolute Gasteiger partial charge is 0.271 e. The van der Waals surface area contributed by atoms with Crippen LogP contribution in [0.1, 0.15) is 31.5 Å². The fourth-order valence-corrected chi connectivity index (χ4v) is 3.81. The molecule has 1 aliphatic carbocycles. The Labute approximate surface area is 181 Å². The first-order chi connectivity index (χ1) is 14.4. The zero-order valence-electron chi connectivity index (χ0n) is 16.0. The van der Waals surface area contributed by atoms with E-state index in [4.69, 9.17) is 11.6 Å². The van der Waals surface area contributed by atoms with Crippen LogP contribution >= 0.6 is 23.4 Å². The lowest BCUT2D eigenvalue weighted by atomic mass is 10.2. The Morgan fingerprint density at radius 3 is 2.70 bits per heavy atom. The summed E-state index contributed by atoms with van der Waals surface area (Å²) >= 11 is 7.30. The molecule has 10 heteroatoms. The van der Waals surface area contributed by atoms with Crippen LogP contribution in [0.5, 0.6) is 0 Å². The zero-order chi connectivity index (χ0) is 21.3. The molecule has 4 rings (SSSR count). The van der Waals surface area contributed by atoms with Crippen molar-refractivity contribution in [1.82, 2.24) is 14.8 Å². The van der Waals surface area contributed by atoms with E-state index in [0.29, 0.717) is 11.1 Å². The van der Waals surface area contributed by atoms with Crippen molar-refractivity contribution in [2.75, 3.05) is 5.32 Å². The maximum atomic E-state index is 12.6. The van der Waals surface area contributed by atoms with Crippen LogP contribution in [-0.2, 0) is 4.79 Å². The van der Waals surface area contributed by atoms with Crippen molar-refractivity contribution in [2.45, 2.75) is 36.1 Å². The lowest BCUT2D eigenvalue weighted by Gasteiger charge is -2.11. The molecule has 0 spiro atoms. The lowest BCUT2D eigenvalue weighted by molar-refractivity contribution is -0.384. The quantitative estimate of drug-likeness (QED) is 0.319. The molecule has 1 N–H and O–H groups in total. The molecule has 30 heavy (non-hydrogen) atoms. The minimum atomic E-state index is -0.538. The second-order valence-electron chi connectivity index (χ2n) is 6.94. The second-order valence-corrected chi connectivity index (χ2v) is 8.66. The topological polar surface area (TPSA) is 103 Å². The Morgan fingerprint density at radius 1 is 1.30 bits per heavy atom. The third-order valence-electron chi connectivity index (χ3n) is 4.63. The number of carbonyl (C=O) groups excluding carboxylic acids is 1. The standard InChI is InChI=1S/C20H18ClN5O3S/c1-12(19(27)22-17-11-15(26(28)29)9-10-16(17)21)30-20-23-18(13-7-8-13)25(24-20)14-5-3-2-4-6-14/h2-6,9-13H,7-8H2,1H3,(H,22,27)/t12-/m1/s1. The van der Waals surface area contributed by atoms with E-state index < -0.39 is 10.2 Å². The number of carbonyl (C=O) groups is 1. The first-order valence-corrected chi connectivity index (χ1v) is 10.6. The molecular formula is C20H18ClN5O3S. The summed E-state index contributed by atoms with van der Waals surface area (Å²) in [5.41, 5.74) is 0.983. The minimum absolute atomic E-state index is 0.146. The highest BCUT2D eigenvalue weighted by atomic mass is 35.5. The number of hydrogen-bond donors (Lipinski definition) is 1. The highest BCUT2D eigenvalue weighted by Crippen LogP contribution is 2.40. The number of halogens is 1. The largest absolute Gasteiger partial charge is 0.324 e. The number of rotatable bonds is 7. The highest BCUT2D eigenvalue weighted by Gasteiger charge is 2.31. The SMILES string of the molecule is C[C@@H](Sc1nc(C2CC2)n(-c2ccccc2)n1)C(=O)Nc1cc([N+](=O)[O-])ccc1Cl. The first kappa shape index (κ1) is 20.4. The predicted molar refractivity (Wildman–Crippen MR) is 115 cm³/mol. The number of benzene rings is 2. The number of thioether (sulfide) groups is 1. The predicted octanol–water partition coefficient (Wildman–Crippen LogP) is 4.83.